The fourth-order valence-electron chi connectivity index (χ4n) is 1.98. The molecule has 7 nitrogen and oxygen atoms in total. The van der Waals surface area contributed by atoms with Gasteiger partial charge in [-0.05, 0) is 31.4 Å². The summed E-state index contributed by atoms with van der Waals surface area (Å²) in [5.41, 5.74) is 5.66. The fraction of sp³-hybridized carbons (Fsp3) is 0.500. The molecule has 1 fully saturated rings. The van der Waals surface area contributed by atoms with E-state index in [4.69, 9.17) is 10.5 Å². The lowest BCUT2D eigenvalue weighted by atomic mass is 9.82. The topological polar surface area (TPSA) is 98.3 Å². The van der Waals surface area contributed by atoms with Gasteiger partial charge in [0.2, 0.25) is 5.88 Å². The summed E-state index contributed by atoms with van der Waals surface area (Å²) in [4.78, 5) is 11.3. The molecule has 0 radical (unpaired) electrons. The second-order valence-corrected chi connectivity index (χ2v) is 4.28. The van der Waals surface area contributed by atoms with Crippen LogP contribution in [0.4, 0.5) is 0 Å². The molecule has 2 aromatic rings. The van der Waals surface area contributed by atoms with E-state index in [1.165, 1.54) is 4.52 Å². The van der Waals surface area contributed by atoms with Gasteiger partial charge in [-0.3, -0.25) is 0 Å². The summed E-state index contributed by atoms with van der Waals surface area (Å²) in [5, 5.41) is 10.2. The summed E-state index contributed by atoms with van der Waals surface area (Å²) in [7, 11) is 0. The van der Waals surface area contributed by atoms with Crippen LogP contribution in [0.3, 0.4) is 0 Å². The molecule has 1 saturated carbocycles. The van der Waals surface area contributed by atoms with Crippen LogP contribution < -0.4 is 16.2 Å². The standard InChI is InChI=1S/C10H13N5O2/c11-5-6-3-7(4-6)17-9-2-1-8-12-13-10(16)15(8)14-9/h1-2,6-7H,3-5,11H2,(H,13,16). The first-order valence-electron chi connectivity index (χ1n) is 5.57. The van der Waals surface area contributed by atoms with Crippen LogP contribution in [0.25, 0.3) is 5.65 Å². The number of rotatable bonds is 3. The Morgan fingerprint density at radius 1 is 1.53 bits per heavy atom. The van der Waals surface area contributed by atoms with E-state index >= 15 is 0 Å². The minimum Gasteiger partial charge on any atom is -0.473 e. The highest BCUT2D eigenvalue weighted by molar-refractivity contribution is 5.35. The number of aromatic nitrogens is 4. The van der Waals surface area contributed by atoms with Gasteiger partial charge < -0.3 is 10.5 Å². The van der Waals surface area contributed by atoms with E-state index in [0.29, 0.717) is 24.0 Å². The van der Waals surface area contributed by atoms with E-state index in [-0.39, 0.29) is 11.8 Å². The molecule has 0 saturated heterocycles. The van der Waals surface area contributed by atoms with Gasteiger partial charge in [0, 0.05) is 6.07 Å². The van der Waals surface area contributed by atoms with E-state index in [1.54, 1.807) is 12.1 Å². The number of nitrogens with one attached hydrogen (secondary N) is 1. The summed E-state index contributed by atoms with van der Waals surface area (Å²) in [5.74, 6) is 1.00. The molecule has 0 bridgehead atoms. The van der Waals surface area contributed by atoms with Gasteiger partial charge in [-0.15, -0.1) is 5.10 Å². The van der Waals surface area contributed by atoms with Crippen LogP contribution in [0.15, 0.2) is 16.9 Å². The number of H-pyrrole nitrogens is 1. The Labute approximate surface area is 96.6 Å². The molecule has 0 aromatic carbocycles. The van der Waals surface area contributed by atoms with Crippen LogP contribution >= 0.6 is 0 Å². The van der Waals surface area contributed by atoms with Crippen molar-refractivity contribution in [1.82, 2.24) is 19.8 Å². The Morgan fingerprint density at radius 3 is 3.12 bits per heavy atom. The molecule has 90 valence electrons. The first-order chi connectivity index (χ1) is 8.26. The number of fused-ring (bicyclic) bond motifs is 1. The SMILES string of the molecule is NCC1CC(Oc2ccc3n[nH]c(=O)n3n2)C1. The molecule has 7 heteroatoms. The lowest BCUT2D eigenvalue weighted by Gasteiger charge is -2.33. The zero-order valence-corrected chi connectivity index (χ0v) is 9.17. The molecule has 1 aliphatic carbocycles. The van der Waals surface area contributed by atoms with Crippen LogP contribution in [0.1, 0.15) is 12.8 Å². The van der Waals surface area contributed by atoms with Gasteiger partial charge in [-0.25, -0.2) is 9.89 Å². The molecule has 1 aliphatic rings. The van der Waals surface area contributed by atoms with E-state index in [0.717, 1.165) is 12.8 Å². The molecule has 0 spiro atoms. The third-order valence-electron chi connectivity index (χ3n) is 3.06. The lowest BCUT2D eigenvalue weighted by Crippen LogP contribution is -2.38. The number of ether oxygens (including phenoxy) is 1. The molecule has 0 unspecified atom stereocenters. The largest absolute Gasteiger partial charge is 0.473 e. The van der Waals surface area contributed by atoms with E-state index < -0.39 is 0 Å². The molecule has 3 N–H and O–H groups in total. The molecular formula is C10H13N5O2. The van der Waals surface area contributed by atoms with Crippen molar-refractivity contribution < 1.29 is 4.74 Å². The first kappa shape index (κ1) is 10.3. The van der Waals surface area contributed by atoms with Crippen molar-refractivity contribution in [2.45, 2.75) is 18.9 Å². The zero-order valence-electron chi connectivity index (χ0n) is 9.17. The Hall–Kier alpha value is -1.89. The highest BCUT2D eigenvalue weighted by Gasteiger charge is 2.29. The number of aromatic amines is 1. The summed E-state index contributed by atoms with van der Waals surface area (Å²) in [6.07, 6.45) is 2.07. The summed E-state index contributed by atoms with van der Waals surface area (Å²) < 4.78 is 6.84. The normalized spacial score (nSPS) is 23.6. The van der Waals surface area contributed by atoms with E-state index in [1.807, 2.05) is 0 Å². The average molecular weight is 235 g/mol. The maximum absolute atomic E-state index is 11.3. The molecule has 17 heavy (non-hydrogen) atoms. The van der Waals surface area contributed by atoms with Crippen LogP contribution in [-0.2, 0) is 0 Å². The third-order valence-corrected chi connectivity index (χ3v) is 3.06. The van der Waals surface area contributed by atoms with Crippen molar-refractivity contribution in [1.29, 1.82) is 0 Å². The Kier molecular flexibility index (Phi) is 2.32. The number of nitrogens with zero attached hydrogens (tertiary/aromatic N) is 3. The summed E-state index contributed by atoms with van der Waals surface area (Å²) in [6, 6.07) is 3.41. The average Bonchev–Trinajstić information content (AvgIpc) is 2.65. The number of hydrogen-bond acceptors (Lipinski definition) is 5. The molecule has 0 aliphatic heterocycles. The molecule has 0 amide bonds. The maximum atomic E-state index is 11.3. The predicted octanol–water partition coefficient (Wildman–Crippen LogP) is -0.466. The van der Waals surface area contributed by atoms with Crippen molar-refractivity contribution >= 4 is 5.65 Å². The molecule has 2 heterocycles. The van der Waals surface area contributed by atoms with Gasteiger partial charge >= 0.3 is 5.69 Å². The monoisotopic (exact) mass is 235 g/mol. The predicted molar refractivity (Wildman–Crippen MR) is 59.8 cm³/mol. The van der Waals surface area contributed by atoms with Crippen LogP contribution in [0.2, 0.25) is 0 Å². The van der Waals surface area contributed by atoms with E-state index in [2.05, 4.69) is 15.3 Å². The summed E-state index contributed by atoms with van der Waals surface area (Å²) >= 11 is 0. The van der Waals surface area contributed by atoms with Crippen LogP contribution in [0.5, 0.6) is 5.88 Å². The zero-order chi connectivity index (χ0) is 11.8. The Balaban J connectivity index is 1.77. The van der Waals surface area contributed by atoms with Crippen molar-refractivity contribution in [3.63, 3.8) is 0 Å². The quantitative estimate of drug-likeness (QED) is 0.749. The minimum atomic E-state index is -0.362. The highest BCUT2D eigenvalue weighted by atomic mass is 16.5. The fourth-order valence-corrected chi connectivity index (χ4v) is 1.98. The second-order valence-electron chi connectivity index (χ2n) is 4.28. The van der Waals surface area contributed by atoms with Gasteiger partial charge in [0.25, 0.3) is 0 Å². The van der Waals surface area contributed by atoms with Crippen LogP contribution in [0, 0.1) is 5.92 Å². The van der Waals surface area contributed by atoms with Gasteiger partial charge in [0.15, 0.2) is 5.65 Å². The lowest BCUT2D eigenvalue weighted by molar-refractivity contribution is 0.0637. The molecular weight excluding hydrogens is 222 g/mol. The van der Waals surface area contributed by atoms with Gasteiger partial charge in [0.05, 0.1) is 0 Å². The van der Waals surface area contributed by atoms with Crippen LogP contribution in [-0.4, -0.2) is 32.5 Å². The second kappa shape index (κ2) is 3.85. The Morgan fingerprint density at radius 2 is 2.35 bits per heavy atom. The number of hydrogen-bond donors (Lipinski definition) is 2. The van der Waals surface area contributed by atoms with Crippen molar-refractivity contribution in [2.24, 2.45) is 11.7 Å². The van der Waals surface area contributed by atoms with Gasteiger partial charge in [0.1, 0.15) is 6.10 Å². The maximum Gasteiger partial charge on any atom is 0.364 e. The highest BCUT2D eigenvalue weighted by Crippen LogP contribution is 2.29. The van der Waals surface area contributed by atoms with Crippen molar-refractivity contribution in [3.8, 4) is 5.88 Å². The van der Waals surface area contributed by atoms with Gasteiger partial charge in [-0.2, -0.15) is 9.61 Å². The van der Waals surface area contributed by atoms with E-state index in [9.17, 15) is 4.79 Å². The molecule has 2 aromatic heterocycles. The first-order valence-corrected chi connectivity index (χ1v) is 5.57. The number of nitrogens with two attached hydrogens (primary N) is 1. The summed E-state index contributed by atoms with van der Waals surface area (Å²) in [6.45, 7) is 0.702. The molecule has 3 rings (SSSR count). The van der Waals surface area contributed by atoms with Crippen molar-refractivity contribution in [3.05, 3.63) is 22.6 Å². The smallest absolute Gasteiger partial charge is 0.364 e. The third kappa shape index (κ3) is 1.78. The van der Waals surface area contributed by atoms with Gasteiger partial charge in [-0.1, -0.05) is 0 Å². The van der Waals surface area contributed by atoms with Crippen molar-refractivity contribution in [2.75, 3.05) is 6.54 Å². The Bertz CT molecular complexity index is 584. The minimum absolute atomic E-state index is 0.163. The molecule has 0 atom stereocenters.